The van der Waals surface area contributed by atoms with Gasteiger partial charge in [0.25, 0.3) is 0 Å². The van der Waals surface area contributed by atoms with Crippen molar-refractivity contribution >= 4 is 33.2 Å². The van der Waals surface area contributed by atoms with Gasteiger partial charge in [-0.3, -0.25) is 0 Å². The number of ether oxygens (including phenoxy) is 1. The van der Waals surface area contributed by atoms with Crippen molar-refractivity contribution in [3.8, 4) is 5.75 Å². The van der Waals surface area contributed by atoms with Crippen LogP contribution in [0.3, 0.4) is 0 Å². The normalized spacial score (nSPS) is 11.6. The van der Waals surface area contributed by atoms with E-state index >= 15 is 0 Å². The van der Waals surface area contributed by atoms with Gasteiger partial charge in [0.2, 0.25) is 10.0 Å². The van der Waals surface area contributed by atoms with Gasteiger partial charge >= 0.3 is 0 Å². The van der Waals surface area contributed by atoms with Crippen LogP contribution in [-0.4, -0.2) is 15.0 Å². The highest BCUT2D eigenvalue weighted by Crippen LogP contribution is 2.36. The number of sulfonamides is 1. The standard InChI is InChI=1S/C13H19Cl2NO3S/c1-2-3-4-5-6-9-19-10-7-8-11(20(16,17)18)13(15)12(10)14/h7-8H,2-6,9H2,1H3,(H2,16,17,18). The van der Waals surface area contributed by atoms with Gasteiger partial charge in [0, 0.05) is 0 Å². The number of halogens is 2. The molecule has 0 aliphatic heterocycles. The second-order valence-electron chi connectivity index (χ2n) is 4.50. The largest absolute Gasteiger partial charge is 0.492 e. The molecule has 1 aromatic rings. The molecule has 0 aromatic heterocycles. The molecule has 0 radical (unpaired) electrons. The number of benzene rings is 1. The molecule has 1 rings (SSSR count). The highest BCUT2D eigenvalue weighted by Gasteiger charge is 2.18. The van der Waals surface area contributed by atoms with Gasteiger partial charge in [0.05, 0.1) is 11.6 Å². The summed E-state index contributed by atoms with van der Waals surface area (Å²) >= 11 is 11.9. The topological polar surface area (TPSA) is 69.4 Å². The fraction of sp³-hybridized carbons (Fsp3) is 0.538. The number of unbranched alkanes of at least 4 members (excludes halogenated alkanes) is 4. The van der Waals surface area contributed by atoms with E-state index in [1.807, 2.05) is 0 Å². The van der Waals surface area contributed by atoms with Gasteiger partial charge in [-0.2, -0.15) is 0 Å². The summed E-state index contributed by atoms with van der Waals surface area (Å²) in [6, 6.07) is 2.77. The predicted molar refractivity (Wildman–Crippen MR) is 82.1 cm³/mol. The molecule has 1 aromatic carbocycles. The van der Waals surface area contributed by atoms with Crippen LogP contribution in [0.4, 0.5) is 0 Å². The summed E-state index contributed by atoms with van der Waals surface area (Å²) in [4.78, 5) is -0.195. The molecule has 20 heavy (non-hydrogen) atoms. The Morgan fingerprint density at radius 3 is 2.35 bits per heavy atom. The van der Waals surface area contributed by atoms with Crippen LogP contribution in [0.25, 0.3) is 0 Å². The first-order valence-electron chi connectivity index (χ1n) is 6.51. The summed E-state index contributed by atoms with van der Waals surface area (Å²) in [6.45, 7) is 2.68. The van der Waals surface area contributed by atoms with Crippen LogP contribution in [0.2, 0.25) is 10.0 Å². The van der Waals surface area contributed by atoms with Crippen molar-refractivity contribution in [3.63, 3.8) is 0 Å². The molecule has 0 saturated heterocycles. The SMILES string of the molecule is CCCCCCCOc1ccc(S(N)(=O)=O)c(Cl)c1Cl. The van der Waals surface area contributed by atoms with Crippen molar-refractivity contribution in [2.24, 2.45) is 5.14 Å². The van der Waals surface area contributed by atoms with E-state index in [0.717, 1.165) is 12.8 Å². The number of hydrogen-bond acceptors (Lipinski definition) is 3. The summed E-state index contributed by atoms with van der Waals surface area (Å²) in [6.07, 6.45) is 5.60. The fourth-order valence-electron chi connectivity index (χ4n) is 1.73. The van der Waals surface area contributed by atoms with Crippen LogP contribution in [0.5, 0.6) is 5.75 Å². The maximum absolute atomic E-state index is 11.3. The van der Waals surface area contributed by atoms with Crippen molar-refractivity contribution in [3.05, 3.63) is 22.2 Å². The summed E-state index contributed by atoms with van der Waals surface area (Å²) in [5.74, 6) is 0.375. The number of primary sulfonamides is 1. The molecule has 0 bridgehead atoms. The maximum atomic E-state index is 11.3. The van der Waals surface area contributed by atoms with Crippen LogP contribution in [0.1, 0.15) is 39.0 Å². The quantitative estimate of drug-likeness (QED) is 0.728. The van der Waals surface area contributed by atoms with Gasteiger partial charge < -0.3 is 4.74 Å². The van der Waals surface area contributed by atoms with Gasteiger partial charge in [-0.05, 0) is 18.6 Å². The number of nitrogens with two attached hydrogens (primary N) is 1. The molecule has 7 heteroatoms. The molecule has 0 saturated carbocycles. The van der Waals surface area contributed by atoms with Gasteiger partial charge in [-0.15, -0.1) is 0 Å². The lowest BCUT2D eigenvalue weighted by Gasteiger charge is -2.11. The van der Waals surface area contributed by atoms with Crippen LogP contribution in [0.15, 0.2) is 17.0 Å². The first kappa shape index (κ1) is 17.6. The molecule has 0 aliphatic carbocycles. The third-order valence-electron chi connectivity index (χ3n) is 2.82. The van der Waals surface area contributed by atoms with Crippen LogP contribution < -0.4 is 9.88 Å². The van der Waals surface area contributed by atoms with Crippen molar-refractivity contribution in [1.29, 1.82) is 0 Å². The fourth-order valence-corrected chi connectivity index (χ4v) is 3.10. The Hall–Kier alpha value is -0.490. The molecule has 0 fully saturated rings. The van der Waals surface area contributed by atoms with Gasteiger partial charge in [0.1, 0.15) is 15.7 Å². The van der Waals surface area contributed by atoms with E-state index < -0.39 is 10.0 Å². The van der Waals surface area contributed by atoms with Crippen molar-refractivity contribution in [1.82, 2.24) is 0 Å². The summed E-state index contributed by atoms with van der Waals surface area (Å²) in [7, 11) is -3.88. The third kappa shape index (κ3) is 5.13. The Morgan fingerprint density at radius 2 is 1.75 bits per heavy atom. The molecule has 0 atom stereocenters. The molecule has 0 aliphatic rings. The van der Waals surface area contributed by atoms with Crippen molar-refractivity contribution in [2.45, 2.75) is 43.9 Å². The van der Waals surface area contributed by atoms with E-state index in [-0.39, 0.29) is 14.9 Å². The Bertz CT molecular complexity index is 547. The highest BCUT2D eigenvalue weighted by molar-refractivity contribution is 7.89. The first-order valence-corrected chi connectivity index (χ1v) is 8.81. The zero-order valence-corrected chi connectivity index (χ0v) is 13.7. The first-order chi connectivity index (χ1) is 9.38. The average Bonchev–Trinajstić information content (AvgIpc) is 2.37. The van der Waals surface area contributed by atoms with E-state index in [1.54, 1.807) is 0 Å². The Labute approximate surface area is 130 Å². The minimum atomic E-state index is -3.88. The van der Waals surface area contributed by atoms with E-state index in [2.05, 4.69) is 6.92 Å². The molecule has 2 N–H and O–H groups in total. The zero-order chi connectivity index (χ0) is 15.2. The molecule has 0 spiro atoms. The lowest BCUT2D eigenvalue weighted by molar-refractivity contribution is 0.304. The monoisotopic (exact) mass is 339 g/mol. The number of rotatable bonds is 8. The zero-order valence-electron chi connectivity index (χ0n) is 11.4. The van der Waals surface area contributed by atoms with E-state index in [1.165, 1.54) is 31.4 Å². The van der Waals surface area contributed by atoms with Crippen molar-refractivity contribution in [2.75, 3.05) is 6.61 Å². The smallest absolute Gasteiger partial charge is 0.239 e. The molecule has 0 heterocycles. The average molecular weight is 340 g/mol. The Morgan fingerprint density at radius 1 is 1.10 bits per heavy atom. The Kier molecular flexibility index (Phi) is 7.09. The van der Waals surface area contributed by atoms with Crippen molar-refractivity contribution < 1.29 is 13.2 Å². The number of hydrogen-bond donors (Lipinski definition) is 1. The van der Waals surface area contributed by atoms with E-state index in [4.69, 9.17) is 33.1 Å². The predicted octanol–water partition coefficient (Wildman–Crippen LogP) is 3.99. The Balaban J connectivity index is 2.63. The van der Waals surface area contributed by atoms with Crippen LogP contribution in [-0.2, 0) is 10.0 Å². The second kappa shape index (κ2) is 8.08. The van der Waals surface area contributed by atoms with E-state index in [0.29, 0.717) is 12.4 Å². The van der Waals surface area contributed by atoms with Gasteiger partial charge in [0.15, 0.2) is 0 Å². The summed E-state index contributed by atoms with van der Waals surface area (Å²) < 4.78 is 28.1. The van der Waals surface area contributed by atoms with Crippen LogP contribution >= 0.6 is 23.2 Å². The van der Waals surface area contributed by atoms with Gasteiger partial charge in [-0.1, -0.05) is 55.8 Å². The summed E-state index contributed by atoms with van der Waals surface area (Å²) in [5, 5.41) is 5.01. The van der Waals surface area contributed by atoms with E-state index in [9.17, 15) is 8.42 Å². The highest BCUT2D eigenvalue weighted by atomic mass is 35.5. The lowest BCUT2D eigenvalue weighted by atomic mass is 10.2. The summed E-state index contributed by atoms with van der Waals surface area (Å²) in [5.41, 5.74) is 0. The van der Waals surface area contributed by atoms with Crippen LogP contribution in [0, 0.1) is 0 Å². The maximum Gasteiger partial charge on any atom is 0.239 e. The van der Waals surface area contributed by atoms with Gasteiger partial charge in [-0.25, -0.2) is 13.6 Å². The third-order valence-corrected chi connectivity index (χ3v) is 4.75. The molecule has 0 unspecified atom stereocenters. The minimum Gasteiger partial charge on any atom is -0.492 e. The lowest BCUT2D eigenvalue weighted by Crippen LogP contribution is -2.13. The second-order valence-corrected chi connectivity index (χ2v) is 6.78. The minimum absolute atomic E-state index is 0.0757. The molecular weight excluding hydrogens is 321 g/mol. The molecular formula is C13H19Cl2NO3S. The molecule has 114 valence electrons. The molecule has 0 amide bonds. The molecule has 4 nitrogen and oxygen atoms in total.